The number of ether oxygens (including phenoxy) is 1. The third kappa shape index (κ3) is 7.18. The lowest BCUT2D eigenvalue weighted by atomic mass is 9.83. The van der Waals surface area contributed by atoms with Crippen LogP contribution in [0.4, 0.5) is 13.2 Å². The molecule has 174 valence electrons. The molecule has 0 radical (unpaired) electrons. The molecule has 1 saturated carbocycles. The van der Waals surface area contributed by atoms with Crippen LogP contribution in [-0.4, -0.2) is 63.0 Å². The summed E-state index contributed by atoms with van der Waals surface area (Å²) in [5, 5.41) is 0. The minimum atomic E-state index is -4.61. The van der Waals surface area contributed by atoms with Crippen molar-refractivity contribution in [3.63, 3.8) is 0 Å². The van der Waals surface area contributed by atoms with Crippen LogP contribution in [0.2, 0.25) is 0 Å². The molecule has 0 bridgehead atoms. The first-order chi connectivity index (χ1) is 14.5. The molecule has 1 aromatic rings. The lowest BCUT2D eigenvalue weighted by Crippen LogP contribution is -2.50. The van der Waals surface area contributed by atoms with E-state index in [4.69, 9.17) is 4.74 Å². The van der Waals surface area contributed by atoms with Crippen molar-refractivity contribution in [3.05, 3.63) is 35.9 Å². The summed E-state index contributed by atoms with van der Waals surface area (Å²) in [6, 6.07) is 8.81. The van der Waals surface area contributed by atoms with Gasteiger partial charge in [0.05, 0.1) is 25.0 Å². The van der Waals surface area contributed by atoms with Crippen LogP contribution in [0.1, 0.15) is 50.0 Å². The molecule has 6 nitrogen and oxygen atoms in total. The molecule has 1 saturated heterocycles. The molecule has 0 unspecified atom stereocenters. The first kappa shape index (κ1) is 24.0. The van der Waals surface area contributed by atoms with Gasteiger partial charge in [0.25, 0.3) is 0 Å². The third-order valence-corrected chi connectivity index (χ3v) is 6.76. The molecule has 2 fully saturated rings. The number of nitrogens with zero attached hydrogens (tertiary/aromatic N) is 1. The Balaban J connectivity index is 1.59. The maximum absolute atomic E-state index is 12.7. The fourth-order valence-electron chi connectivity index (χ4n) is 4.58. The van der Waals surface area contributed by atoms with Gasteiger partial charge in [0.2, 0.25) is 15.9 Å². The number of amides is 1. The number of carbonyl (C=O) groups excluding carboxylic acids is 1. The fourth-order valence-corrected chi connectivity index (χ4v) is 5.40. The molecule has 2 aliphatic rings. The Morgan fingerprint density at radius 1 is 1.13 bits per heavy atom. The number of rotatable bonds is 7. The van der Waals surface area contributed by atoms with Crippen molar-refractivity contribution >= 4 is 15.9 Å². The summed E-state index contributed by atoms with van der Waals surface area (Å²) in [4.78, 5) is 13.3. The lowest BCUT2D eigenvalue weighted by Gasteiger charge is -2.33. The molecule has 3 rings (SSSR count). The number of hydrogen-bond acceptors (Lipinski definition) is 4. The maximum Gasteiger partial charge on any atom is 0.397 e. The number of sulfonamides is 1. The highest BCUT2D eigenvalue weighted by Gasteiger charge is 2.42. The Morgan fingerprint density at radius 3 is 2.35 bits per heavy atom. The van der Waals surface area contributed by atoms with Crippen molar-refractivity contribution in [1.29, 1.82) is 0 Å². The van der Waals surface area contributed by atoms with Gasteiger partial charge in [-0.25, -0.2) is 13.1 Å². The van der Waals surface area contributed by atoms with Crippen LogP contribution in [0.3, 0.4) is 0 Å². The van der Waals surface area contributed by atoms with Crippen molar-refractivity contribution in [2.24, 2.45) is 0 Å². The molecule has 10 heteroatoms. The first-order valence-electron chi connectivity index (χ1n) is 10.5. The quantitative estimate of drug-likeness (QED) is 0.675. The van der Waals surface area contributed by atoms with Crippen molar-refractivity contribution < 1.29 is 31.1 Å². The van der Waals surface area contributed by atoms with Gasteiger partial charge in [-0.1, -0.05) is 30.3 Å². The smallest absolute Gasteiger partial charge is 0.376 e. The van der Waals surface area contributed by atoms with Crippen LogP contribution in [0.15, 0.2) is 30.3 Å². The van der Waals surface area contributed by atoms with Gasteiger partial charge in [-0.2, -0.15) is 13.2 Å². The van der Waals surface area contributed by atoms with Crippen molar-refractivity contribution in [1.82, 2.24) is 9.62 Å². The average Bonchev–Trinajstić information content (AvgIpc) is 3.07. The Morgan fingerprint density at radius 2 is 1.77 bits per heavy atom. The summed E-state index contributed by atoms with van der Waals surface area (Å²) >= 11 is 0. The summed E-state index contributed by atoms with van der Waals surface area (Å²) in [6.07, 6.45) is -1.46. The summed E-state index contributed by atoms with van der Waals surface area (Å²) in [5.74, 6) is -0.594. The van der Waals surface area contributed by atoms with Gasteiger partial charge < -0.3 is 9.64 Å². The summed E-state index contributed by atoms with van der Waals surface area (Å²) in [7, 11) is -3.57. The number of benzene rings is 1. The highest BCUT2D eigenvalue weighted by molar-refractivity contribution is 7.88. The molecular formula is C21H29F3N2O4S. The number of likely N-dealkylation sites (tertiary alicyclic amines) is 1. The number of hydrogen-bond donors (Lipinski definition) is 1. The Labute approximate surface area is 181 Å². The standard InChI is InChI=1S/C21H29F3N2O4S/c1-31(28,29)25-18-11-12-26(20(27)13-21(22,23)24)19(18)14-30-17-9-7-16(8-10-17)15-5-3-2-4-6-15/h2-6,16-19,25H,7-14H2,1H3/t16-,17+,18-,19-/m0/s1. The van der Waals surface area contributed by atoms with E-state index in [9.17, 15) is 26.4 Å². The second-order valence-electron chi connectivity index (χ2n) is 8.45. The van der Waals surface area contributed by atoms with E-state index in [1.54, 1.807) is 0 Å². The Hall–Kier alpha value is -1.65. The van der Waals surface area contributed by atoms with E-state index in [1.807, 2.05) is 18.2 Å². The zero-order valence-corrected chi connectivity index (χ0v) is 18.3. The number of halogens is 3. The van der Waals surface area contributed by atoms with Crippen molar-refractivity contribution in [3.8, 4) is 0 Å². The molecule has 1 amide bonds. The molecule has 1 aliphatic heterocycles. The first-order valence-corrected chi connectivity index (χ1v) is 12.4. The van der Waals surface area contributed by atoms with E-state index in [0.29, 0.717) is 5.92 Å². The zero-order chi connectivity index (χ0) is 22.6. The van der Waals surface area contributed by atoms with Crippen LogP contribution >= 0.6 is 0 Å². The molecular weight excluding hydrogens is 433 g/mol. The van der Waals surface area contributed by atoms with Crippen molar-refractivity contribution in [2.75, 3.05) is 19.4 Å². The van der Waals surface area contributed by atoms with E-state index in [0.717, 1.165) is 36.8 Å². The molecule has 2 atom stereocenters. The van der Waals surface area contributed by atoms with Gasteiger partial charge in [-0.3, -0.25) is 4.79 Å². The largest absolute Gasteiger partial charge is 0.397 e. The van der Waals surface area contributed by atoms with E-state index in [1.165, 1.54) is 5.56 Å². The predicted molar refractivity (Wildman–Crippen MR) is 110 cm³/mol. The van der Waals surface area contributed by atoms with E-state index >= 15 is 0 Å². The van der Waals surface area contributed by atoms with Gasteiger partial charge in [0, 0.05) is 12.6 Å². The normalized spacial score (nSPS) is 27.4. The molecule has 1 N–H and O–H groups in total. The summed E-state index contributed by atoms with van der Waals surface area (Å²) < 4.78 is 70.0. The van der Waals surface area contributed by atoms with Crippen molar-refractivity contribution in [2.45, 2.75) is 68.8 Å². The van der Waals surface area contributed by atoms with Gasteiger partial charge in [0.1, 0.15) is 6.42 Å². The third-order valence-electron chi connectivity index (χ3n) is 6.03. The number of nitrogens with one attached hydrogen (secondary N) is 1. The molecule has 1 aromatic carbocycles. The van der Waals surface area contributed by atoms with Crippen LogP contribution in [0.5, 0.6) is 0 Å². The second-order valence-corrected chi connectivity index (χ2v) is 10.2. The van der Waals surface area contributed by atoms with Gasteiger partial charge in [-0.05, 0) is 43.6 Å². The number of carbonyl (C=O) groups is 1. The van der Waals surface area contributed by atoms with Crippen LogP contribution < -0.4 is 4.72 Å². The molecule has 1 aliphatic carbocycles. The minimum Gasteiger partial charge on any atom is -0.376 e. The fraction of sp³-hybridized carbons (Fsp3) is 0.667. The monoisotopic (exact) mass is 462 g/mol. The molecule has 1 heterocycles. The van der Waals surface area contributed by atoms with E-state index in [2.05, 4.69) is 16.9 Å². The summed E-state index contributed by atoms with van der Waals surface area (Å²) in [6.45, 7) is 0.0777. The SMILES string of the molecule is CS(=O)(=O)N[C@H]1CCN(C(=O)CC(F)(F)F)[C@H]1CO[C@H]1CC[C@@H](c2ccccc2)CC1. The van der Waals surface area contributed by atoms with Crippen LogP contribution in [-0.2, 0) is 19.6 Å². The van der Waals surface area contributed by atoms with Gasteiger partial charge in [0.15, 0.2) is 0 Å². The highest BCUT2D eigenvalue weighted by atomic mass is 32.2. The highest BCUT2D eigenvalue weighted by Crippen LogP contribution is 2.34. The Bertz CT molecular complexity index is 840. The van der Waals surface area contributed by atoms with E-state index < -0.39 is 40.6 Å². The maximum atomic E-state index is 12.7. The summed E-state index contributed by atoms with van der Waals surface area (Å²) in [5.41, 5.74) is 1.29. The molecule has 0 spiro atoms. The number of alkyl halides is 3. The van der Waals surface area contributed by atoms with E-state index in [-0.39, 0.29) is 25.7 Å². The molecule has 0 aromatic heterocycles. The average molecular weight is 463 g/mol. The predicted octanol–water partition coefficient (Wildman–Crippen LogP) is 3.20. The topological polar surface area (TPSA) is 75.7 Å². The van der Waals surface area contributed by atoms with Gasteiger partial charge in [-0.15, -0.1) is 0 Å². The van der Waals surface area contributed by atoms with Crippen LogP contribution in [0, 0.1) is 0 Å². The zero-order valence-electron chi connectivity index (χ0n) is 17.5. The minimum absolute atomic E-state index is 0.0114. The lowest BCUT2D eigenvalue weighted by molar-refractivity contribution is -0.163. The second kappa shape index (κ2) is 9.87. The molecule has 31 heavy (non-hydrogen) atoms. The van der Waals surface area contributed by atoms with Gasteiger partial charge >= 0.3 is 6.18 Å². The Kier molecular flexibility index (Phi) is 7.64. The van der Waals surface area contributed by atoms with Crippen LogP contribution in [0.25, 0.3) is 0 Å².